The summed E-state index contributed by atoms with van der Waals surface area (Å²) in [4.78, 5) is 45.3. The Bertz CT molecular complexity index is 194. The number of hydrogen-bond donors (Lipinski definition) is 6. The molecule has 0 saturated carbocycles. The van der Waals surface area contributed by atoms with E-state index in [1.165, 1.54) is 12.8 Å². The van der Waals surface area contributed by atoms with Gasteiger partial charge in [0.2, 0.25) is 0 Å². The molecule has 0 bridgehead atoms. The van der Waals surface area contributed by atoms with E-state index in [9.17, 15) is 0 Å². The van der Waals surface area contributed by atoms with Gasteiger partial charge in [-0.15, -0.1) is 0 Å². The first-order valence-corrected chi connectivity index (χ1v) is 9.45. The Hall–Kier alpha value is 1.64. The normalized spacial score (nSPS) is 10.1. The minimum absolute atomic E-state index is 0. The van der Waals surface area contributed by atoms with Gasteiger partial charge in [-0.2, -0.15) is 6.54 Å². The zero-order valence-electron chi connectivity index (χ0n) is 9.43. The average molecular weight is 380 g/mol. The molecule has 0 unspecified atom stereocenters. The summed E-state index contributed by atoms with van der Waals surface area (Å²) in [5.41, 5.74) is 6.71. The molecule has 0 aromatic rings. The van der Waals surface area contributed by atoms with Crippen LogP contribution in [0.4, 0.5) is 0 Å². The van der Waals surface area contributed by atoms with Gasteiger partial charge >= 0.3 is 13.4 Å². The summed E-state index contributed by atoms with van der Waals surface area (Å²) in [6.07, 6.45) is 3.54. The third-order valence-corrected chi connectivity index (χ3v) is 0.780. The number of nitrogens with one attached hydrogen (secondary N) is 1. The molecule has 0 amide bonds. The van der Waals surface area contributed by atoms with E-state index in [0.717, 1.165) is 6.42 Å². The fourth-order valence-corrected chi connectivity index (χ4v) is 0.375. The van der Waals surface area contributed by atoms with Crippen molar-refractivity contribution in [1.29, 1.82) is 0 Å². The summed E-state index contributed by atoms with van der Waals surface area (Å²) >= 11 is 7.21. The number of unbranched alkanes of at least 4 members (excludes halogenated alkanes) is 2. The molecule has 0 heterocycles. The van der Waals surface area contributed by atoms with E-state index in [4.69, 9.17) is 35.1 Å². The molecule has 0 rings (SSSR count). The van der Waals surface area contributed by atoms with E-state index in [0.29, 0.717) is 6.54 Å². The minimum Gasteiger partial charge on any atom is -0.677 e. The molecule has 7 N–H and O–H groups in total. The van der Waals surface area contributed by atoms with Crippen LogP contribution in [-0.2, 0) is 43.1 Å². The standard InChI is InChI=1S/C5H12N.2H3O3PS.Zn/c1-2-3-4-5-6;2*1-4(2,3)5;/h6H,2-5H2,1H3;2*(H3,1,2,3,5);/q-1;;;. The second-order valence-corrected chi connectivity index (χ2v) is 7.48. The summed E-state index contributed by atoms with van der Waals surface area (Å²) in [5, 5.41) is 0. The second kappa shape index (κ2) is 15.7. The van der Waals surface area contributed by atoms with Crippen molar-refractivity contribution in [2.24, 2.45) is 0 Å². The zero-order valence-corrected chi connectivity index (χ0v) is 15.8. The minimum atomic E-state index is -3.81. The third-order valence-electron chi connectivity index (χ3n) is 0.780. The fraction of sp³-hybridized carbons (Fsp3) is 1.00. The van der Waals surface area contributed by atoms with Crippen LogP contribution in [0.1, 0.15) is 26.2 Å². The van der Waals surface area contributed by atoms with Crippen molar-refractivity contribution >= 4 is 37.1 Å². The molecule has 0 aliphatic carbocycles. The maximum atomic E-state index is 7.56. The number of hydrogen-bond acceptors (Lipinski definition) is 2. The first-order valence-electron chi connectivity index (χ1n) is 4.13. The first kappa shape index (κ1) is 27.1. The Morgan fingerprint density at radius 2 is 1.12 bits per heavy atom. The van der Waals surface area contributed by atoms with Gasteiger partial charge in [0.1, 0.15) is 0 Å². The van der Waals surface area contributed by atoms with Crippen LogP contribution in [0.5, 0.6) is 0 Å². The Labute approximate surface area is 124 Å². The van der Waals surface area contributed by atoms with Gasteiger partial charge in [0.25, 0.3) is 0 Å². The van der Waals surface area contributed by atoms with Gasteiger partial charge in [-0.25, -0.2) is 0 Å². The molecule has 0 radical (unpaired) electrons. The summed E-state index contributed by atoms with van der Waals surface area (Å²) in [5.74, 6) is 0. The summed E-state index contributed by atoms with van der Waals surface area (Å²) in [6.45, 7) is -4.86. The maximum Gasteiger partial charge on any atom is 0.319 e. The largest absolute Gasteiger partial charge is 0.677 e. The summed E-state index contributed by atoms with van der Waals surface area (Å²) in [6, 6.07) is 0. The molecule has 0 aliphatic heterocycles. The molecule has 0 saturated heterocycles. The SMILES string of the molecule is CCCCC[NH-].OP(O)(O)=S.OP(O)(O)=S.[Zn]. The van der Waals surface area contributed by atoms with Crippen molar-refractivity contribution in [3.05, 3.63) is 5.73 Å². The van der Waals surface area contributed by atoms with Crippen LogP contribution in [0, 0.1) is 0 Å². The van der Waals surface area contributed by atoms with Crippen molar-refractivity contribution < 1.29 is 48.8 Å². The van der Waals surface area contributed by atoms with Crippen molar-refractivity contribution in [1.82, 2.24) is 0 Å². The van der Waals surface area contributed by atoms with E-state index in [1.807, 2.05) is 0 Å². The van der Waals surface area contributed by atoms with Crippen LogP contribution in [0.3, 0.4) is 0 Å². The van der Waals surface area contributed by atoms with Crippen LogP contribution in [0.2, 0.25) is 0 Å². The van der Waals surface area contributed by atoms with Crippen LogP contribution in [-0.4, -0.2) is 35.9 Å². The van der Waals surface area contributed by atoms with Gasteiger partial charge in [-0.1, -0.05) is 26.2 Å². The Morgan fingerprint density at radius 1 is 0.882 bits per heavy atom. The monoisotopic (exact) mass is 378 g/mol. The average Bonchev–Trinajstić information content (AvgIpc) is 1.94. The topological polar surface area (TPSA) is 145 Å². The molecule has 7 nitrogen and oxygen atoms in total. The summed E-state index contributed by atoms with van der Waals surface area (Å²) < 4.78 is 0. The molecule has 12 heteroatoms. The van der Waals surface area contributed by atoms with Gasteiger partial charge in [0.15, 0.2) is 0 Å². The van der Waals surface area contributed by atoms with Crippen LogP contribution >= 0.6 is 13.4 Å². The molecule has 0 atom stereocenters. The van der Waals surface area contributed by atoms with Gasteiger partial charge in [-0.3, -0.25) is 0 Å². The smallest absolute Gasteiger partial charge is 0.319 e. The second-order valence-electron chi connectivity index (χ2n) is 2.48. The molecular formula is C5H18NO6P2S2Zn-. The van der Waals surface area contributed by atoms with E-state index < -0.39 is 13.4 Å². The van der Waals surface area contributed by atoms with E-state index >= 15 is 0 Å². The van der Waals surface area contributed by atoms with Gasteiger partial charge in [0.05, 0.1) is 0 Å². The quantitative estimate of drug-likeness (QED) is 0.237. The summed E-state index contributed by atoms with van der Waals surface area (Å²) in [7, 11) is 0. The Kier molecular flexibility index (Phi) is 25.0. The van der Waals surface area contributed by atoms with Crippen molar-refractivity contribution in [3.8, 4) is 0 Å². The van der Waals surface area contributed by atoms with Gasteiger partial charge < -0.3 is 35.1 Å². The molecular weight excluding hydrogens is 362 g/mol. The van der Waals surface area contributed by atoms with E-state index in [2.05, 4.69) is 30.5 Å². The van der Waals surface area contributed by atoms with Gasteiger partial charge in [0, 0.05) is 19.5 Å². The molecule has 0 aliphatic rings. The molecule has 0 spiro atoms. The fourth-order valence-electron chi connectivity index (χ4n) is 0.375. The van der Waals surface area contributed by atoms with Gasteiger partial charge in [-0.05, 0) is 23.6 Å². The molecule has 0 aromatic heterocycles. The molecule has 104 valence electrons. The van der Waals surface area contributed by atoms with E-state index in [-0.39, 0.29) is 19.5 Å². The Morgan fingerprint density at radius 3 is 1.18 bits per heavy atom. The molecule has 0 fully saturated rings. The van der Waals surface area contributed by atoms with Crippen LogP contribution in [0.25, 0.3) is 5.73 Å². The predicted octanol–water partition coefficient (Wildman–Crippen LogP) is 0.602. The van der Waals surface area contributed by atoms with Crippen LogP contribution < -0.4 is 0 Å². The third kappa shape index (κ3) is 200. The predicted molar refractivity (Wildman–Crippen MR) is 70.6 cm³/mol. The molecule has 0 aromatic carbocycles. The van der Waals surface area contributed by atoms with E-state index in [1.54, 1.807) is 0 Å². The zero-order chi connectivity index (χ0) is 13.8. The first-order chi connectivity index (χ1) is 6.91. The molecule has 17 heavy (non-hydrogen) atoms. The van der Waals surface area contributed by atoms with Crippen LogP contribution in [0.15, 0.2) is 0 Å². The van der Waals surface area contributed by atoms with Crippen molar-refractivity contribution in [2.45, 2.75) is 26.2 Å². The van der Waals surface area contributed by atoms with Crippen molar-refractivity contribution in [3.63, 3.8) is 0 Å². The maximum absolute atomic E-state index is 7.56. The van der Waals surface area contributed by atoms with Crippen molar-refractivity contribution in [2.75, 3.05) is 6.54 Å². The Balaban J connectivity index is -0.0000000729. The number of rotatable bonds is 3.